The van der Waals surface area contributed by atoms with E-state index in [1.54, 1.807) is 19.2 Å². The number of esters is 1. The van der Waals surface area contributed by atoms with Crippen LogP contribution in [0.15, 0.2) is 24.3 Å². The summed E-state index contributed by atoms with van der Waals surface area (Å²) in [6, 6.07) is 7.35. The molecule has 0 bridgehead atoms. The van der Waals surface area contributed by atoms with Crippen molar-refractivity contribution in [3.63, 3.8) is 0 Å². The van der Waals surface area contributed by atoms with Gasteiger partial charge in [-0.05, 0) is 30.5 Å². The van der Waals surface area contributed by atoms with Gasteiger partial charge in [-0.15, -0.1) is 0 Å². The van der Waals surface area contributed by atoms with Crippen LogP contribution >= 0.6 is 0 Å². The van der Waals surface area contributed by atoms with Crippen molar-refractivity contribution in [2.45, 2.75) is 18.3 Å². The van der Waals surface area contributed by atoms with Crippen LogP contribution in [0.5, 0.6) is 0 Å². The lowest BCUT2D eigenvalue weighted by Gasteiger charge is -2.23. The first-order valence-electron chi connectivity index (χ1n) is 6.18. The second-order valence-corrected chi connectivity index (χ2v) is 4.94. The molecule has 1 aliphatic carbocycles. The minimum Gasteiger partial charge on any atom is -0.468 e. The molecule has 1 saturated carbocycles. The number of methoxy groups -OCH3 is 1. The van der Waals surface area contributed by atoms with E-state index >= 15 is 0 Å². The van der Waals surface area contributed by atoms with Crippen molar-refractivity contribution in [2.75, 3.05) is 26.4 Å². The van der Waals surface area contributed by atoms with Crippen LogP contribution in [-0.4, -0.2) is 37.5 Å². The van der Waals surface area contributed by atoms with Crippen molar-refractivity contribution in [1.82, 2.24) is 4.90 Å². The predicted octanol–water partition coefficient (Wildman–Crippen LogP) is 0.932. The monoisotopic (exact) mass is 262 g/mol. The van der Waals surface area contributed by atoms with E-state index in [0.29, 0.717) is 5.69 Å². The molecule has 0 saturated heterocycles. The Balaban J connectivity index is 2.14. The predicted molar refractivity (Wildman–Crippen MR) is 71.4 cm³/mol. The van der Waals surface area contributed by atoms with Gasteiger partial charge in [-0.25, -0.2) is 0 Å². The maximum Gasteiger partial charge on any atom is 0.325 e. The van der Waals surface area contributed by atoms with Crippen LogP contribution in [0.25, 0.3) is 0 Å². The third-order valence-corrected chi connectivity index (χ3v) is 3.56. The van der Waals surface area contributed by atoms with Crippen molar-refractivity contribution < 1.29 is 14.3 Å². The number of carbonyl (C=O) groups is 2. The fourth-order valence-corrected chi connectivity index (χ4v) is 2.25. The maximum absolute atomic E-state index is 12.5. The van der Waals surface area contributed by atoms with Gasteiger partial charge >= 0.3 is 5.97 Å². The summed E-state index contributed by atoms with van der Waals surface area (Å²) < 4.78 is 4.58. The van der Waals surface area contributed by atoms with Crippen LogP contribution in [0.3, 0.4) is 0 Å². The van der Waals surface area contributed by atoms with Gasteiger partial charge in [0.1, 0.15) is 6.54 Å². The highest BCUT2D eigenvalue weighted by Crippen LogP contribution is 2.49. The fraction of sp³-hybridized carbons (Fsp3) is 0.429. The Morgan fingerprint density at radius 3 is 2.37 bits per heavy atom. The molecule has 102 valence electrons. The van der Waals surface area contributed by atoms with Crippen molar-refractivity contribution in [1.29, 1.82) is 0 Å². The Kier molecular flexibility index (Phi) is 3.46. The van der Waals surface area contributed by atoms with Gasteiger partial charge in [0.05, 0.1) is 12.5 Å². The Hall–Kier alpha value is -2.04. The topological polar surface area (TPSA) is 72.6 Å². The van der Waals surface area contributed by atoms with E-state index in [2.05, 4.69) is 4.74 Å². The normalized spacial score (nSPS) is 15.7. The number of rotatable bonds is 4. The second kappa shape index (κ2) is 4.91. The number of nitrogen functional groups attached to an aromatic ring is 1. The molecule has 19 heavy (non-hydrogen) atoms. The van der Waals surface area contributed by atoms with Crippen LogP contribution in [0.4, 0.5) is 5.69 Å². The Bertz CT molecular complexity index is 492. The zero-order valence-corrected chi connectivity index (χ0v) is 11.2. The van der Waals surface area contributed by atoms with Gasteiger partial charge in [0.25, 0.3) is 0 Å². The van der Waals surface area contributed by atoms with E-state index in [0.717, 1.165) is 18.4 Å². The molecule has 0 aromatic heterocycles. The number of nitrogens with zero attached hydrogens (tertiary/aromatic N) is 1. The van der Waals surface area contributed by atoms with Crippen LogP contribution in [0.2, 0.25) is 0 Å². The smallest absolute Gasteiger partial charge is 0.325 e. The van der Waals surface area contributed by atoms with Gasteiger partial charge in [0.2, 0.25) is 5.91 Å². The molecule has 2 rings (SSSR count). The average molecular weight is 262 g/mol. The third kappa shape index (κ3) is 2.54. The highest BCUT2D eigenvalue weighted by molar-refractivity contribution is 5.93. The van der Waals surface area contributed by atoms with Crippen LogP contribution in [0.1, 0.15) is 18.4 Å². The number of ether oxygens (including phenoxy) is 1. The van der Waals surface area contributed by atoms with Gasteiger partial charge in [0.15, 0.2) is 0 Å². The molecule has 1 fully saturated rings. The molecule has 1 amide bonds. The summed E-state index contributed by atoms with van der Waals surface area (Å²) in [6.45, 7) is -0.0218. The molecule has 5 heteroatoms. The number of nitrogens with two attached hydrogens (primary N) is 1. The highest BCUT2D eigenvalue weighted by Gasteiger charge is 2.52. The summed E-state index contributed by atoms with van der Waals surface area (Å²) in [7, 11) is 2.93. The summed E-state index contributed by atoms with van der Waals surface area (Å²) in [5, 5.41) is 0. The first-order chi connectivity index (χ1) is 8.99. The van der Waals surface area contributed by atoms with Crippen molar-refractivity contribution in [2.24, 2.45) is 0 Å². The molecule has 1 aromatic rings. The van der Waals surface area contributed by atoms with E-state index in [1.165, 1.54) is 12.0 Å². The van der Waals surface area contributed by atoms with Crippen molar-refractivity contribution in [3.05, 3.63) is 29.8 Å². The minimum atomic E-state index is -0.476. The number of hydrogen-bond acceptors (Lipinski definition) is 4. The Morgan fingerprint density at radius 1 is 1.32 bits per heavy atom. The molecule has 0 aliphatic heterocycles. The largest absolute Gasteiger partial charge is 0.468 e. The molecule has 0 radical (unpaired) electrons. The first kappa shape index (κ1) is 13.4. The number of carbonyl (C=O) groups excluding carboxylic acids is 2. The van der Waals surface area contributed by atoms with E-state index in [9.17, 15) is 9.59 Å². The molecule has 2 N–H and O–H groups in total. The molecule has 0 heterocycles. The Labute approximate surface area is 112 Å². The van der Waals surface area contributed by atoms with E-state index in [1.807, 2.05) is 12.1 Å². The van der Waals surface area contributed by atoms with Gasteiger partial charge in [0, 0.05) is 12.7 Å². The minimum absolute atomic E-state index is 0.0218. The second-order valence-electron chi connectivity index (χ2n) is 4.94. The number of likely N-dealkylation sites (N-methyl/N-ethyl adjacent to an activating group) is 1. The Morgan fingerprint density at radius 2 is 1.89 bits per heavy atom. The van der Waals surface area contributed by atoms with Gasteiger partial charge in [-0.3, -0.25) is 9.59 Å². The van der Waals surface area contributed by atoms with Gasteiger partial charge in [-0.2, -0.15) is 0 Å². The highest BCUT2D eigenvalue weighted by atomic mass is 16.5. The molecule has 0 spiro atoms. The SMILES string of the molecule is COC(=O)CN(C)C(=O)C1(c2ccc(N)cc2)CC1. The maximum atomic E-state index is 12.5. The summed E-state index contributed by atoms with van der Waals surface area (Å²) >= 11 is 0. The molecule has 0 atom stereocenters. The van der Waals surface area contributed by atoms with Crippen molar-refractivity contribution in [3.8, 4) is 0 Å². The molecule has 1 aromatic carbocycles. The molecule has 1 aliphatic rings. The zero-order chi connectivity index (χ0) is 14.0. The quantitative estimate of drug-likeness (QED) is 0.647. The number of benzene rings is 1. The summed E-state index contributed by atoms with van der Waals surface area (Å²) in [5.74, 6) is -0.452. The average Bonchev–Trinajstić information content (AvgIpc) is 3.20. The molecular weight excluding hydrogens is 244 g/mol. The molecule has 5 nitrogen and oxygen atoms in total. The molecular formula is C14H18N2O3. The lowest BCUT2D eigenvalue weighted by atomic mass is 9.94. The standard InChI is InChI=1S/C14H18N2O3/c1-16(9-12(17)19-2)13(18)14(7-8-14)10-3-5-11(15)6-4-10/h3-6H,7-9,15H2,1-2H3. The number of amides is 1. The first-order valence-corrected chi connectivity index (χ1v) is 6.18. The zero-order valence-electron chi connectivity index (χ0n) is 11.2. The fourth-order valence-electron chi connectivity index (χ4n) is 2.25. The van der Waals surface area contributed by atoms with E-state index in [4.69, 9.17) is 5.73 Å². The summed E-state index contributed by atoms with van der Waals surface area (Å²) in [5.41, 5.74) is 6.82. The summed E-state index contributed by atoms with van der Waals surface area (Å²) in [4.78, 5) is 25.1. The van der Waals surface area contributed by atoms with Crippen LogP contribution in [-0.2, 0) is 19.7 Å². The van der Waals surface area contributed by atoms with E-state index in [-0.39, 0.29) is 12.5 Å². The van der Waals surface area contributed by atoms with Gasteiger partial charge < -0.3 is 15.4 Å². The number of hydrogen-bond donors (Lipinski definition) is 1. The van der Waals surface area contributed by atoms with Crippen LogP contribution in [0, 0.1) is 0 Å². The molecule has 0 unspecified atom stereocenters. The van der Waals surface area contributed by atoms with Crippen LogP contribution < -0.4 is 5.73 Å². The number of anilines is 1. The van der Waals surface area contributed by atoms with Crippen molar-refractivity contribution >= 4 is 17.6 Å². The summed E-state index contributed by atoms with van der Waals surface area (Å²) in [6.07, 6.45) is 1.61. The lowest BCUT2D eigenvalue weighted by Crippen LogP contribution is -2.39. The van der Waals surface area contributed by atoms with E-state index < -0.39 is 11.4 Å². The lowest BCUT2D eigenvalue weighted by molar-refractivity contribution is -0.146. The van der Waals surface area contributed by atoms with Gasteiger partial charge in [-0.1, -0.05) is 12.1 Å². The third-order valence-electron chi connectivity index (χ3n) is 3.56.